The number of hydrogen-bond donors (Lipinski definition) is 1. The number of aryl methyl sites for hydroxylation is 1. The molecule has 76 valence electrons. The zero-order valence-corrected chi connectivity index (χ0v) is 10.3. The van der Waals surface area contributed by atoms with Gasteiger partial charge in [0, 0.05) is 4.47 Å². The van der Waals surface area contributed by atoms with Crippen molar-refractivity contribution in [2.24, 2.45) is 0 Å². The summed E-state index contributed by atoms with van der Waals surface area (Å²) in [5, 5.41) is 9.90. The van der Waals surface area contributed by atoms with Crippen molar-refractivity contribution in [2.45, 2.75) is 26.9 Å². The van der Waals surface area contributed by atoms with E-state index in [1.165, 1.54) is 0 Å². The summed E-state index contributed by atoms with van der Waals surface area (Å²) in [6, 6.07) is 5.94. The molecule has 0 aliphatic heterocycles. The second kappa shape index (κ2) is 4.76. The van der Waals surface area contributed by atoms with Crippen LogP contribution in [0, 0.1) is 6.92 Å². The normalized spacial score (nSPS) is 12.4. The lowest BCUT2D eigenvalue weighted by atomic mass is 10.0. The van der Waals surface area contributed by atoms with Gasteiger partial charge in [0.05, 0.1) is 6.10 Å². The molecule has 0 saturated heterocycles. The van der Waals surface area contributed by atoms with Crippen molar-refractivity contribution in [3.8, 4) is 0 Å². The highest BCUT2D eigenvalue weighted by Gasteiger charge is 2.07. The van der Waals surface area contributed by atoms with E-state index in [0.717, 1.165) is 21.2 Å². The smallest absolute Gasteiger partial charge is 0.0977 e. The molecule has 0 amide bonds. The topological polar surface area (TPSA) is 20.2 Å². The Morgan fingerprint density at radius 1 is 1.43 bits per heavy atom. The summed E-state index contributed by atoms with van der Waals surface area (Å²) in [7, 11) is 0. The molecule has 1 N–H and O–H groups in total. The Labute approximate surface area is 93.6 Å². The SMILES string of the molecule is CC(C)=CC(O)c1cc(Br)ccc1C. The molecule has 0 aromatic heterocycles. The van der Waals surface area contributed by atoms with Gasteiger partial charge in [-0.15, -0.1) is 0 Å². The van der Waals surface area contributed by atoms with Crippen molar-refractivity contribution in [3.63, 3.8) is 0 Å². The predicted molar refractivity (Wildman–Crippen MR) is 63.3 cm³/mol. The minimum Gasteiger partial charge on any atom is -0.384 e. The number of hydrogen-bond acceptors (Lipinski definition) is 1. The third kappa shape index (κ3) is 2.96. The van der Waals surface area contributed by atoms with Gasteiger partial charge in [0.25, 0.3) is 0 Å². The van der Waals surface area contributed by atoms with Crippen LogP contribution in [0.25, 0.3) is 0 Å². The van der Waals surface area contributed by atoms with Crippen LogP contribution in [0.2, 0.25) is 0 Å². The maximum atomic E-state index is 9.90. The molecule has 14 heavy (non-hydrogen) atoms. The number of halogens is 1. The Bertz CT molecular complexity index is 351. The summed E-state index contributed by atoms with van der Waals surface area (Å²) in [6.07, 6.45) is 1.35. The summed E-state index contributed by atoms with van der Waals surface area (Å²) in [5.74, 6) is 0. The molecule has 1 rings (SSSR count). The van der Waals surface area contributed by atoms with Crippen LogP contribution in [0.5, 0.6) is 0 Å². The summed E-state index contributed by atoms with van der Waals surface area (Å²) in [4.78, 5) is 0. The number of allylic oxidation sites excluding steroid dienone is 1. The first-order chi connectivity index (χ1) is 6.50. The number of aliphatic hydroxyl groups excluding tert-OH is 1. The first-order valence-corrected chi connectivity index (χ1v) is 5.39. The van der Waals surface area contributed by atoms with Crippen molar-refractivity contribution < 1.29 is 5.11 Å². The minimum absolute atomic E-state index is 0.502. The molecule has 0 fully saturated rings. The fourth-order valence-electron chi connectivity index (χ4n) is 1.34. The van der Waals surface area contributed by atoms with E-state index in [1.54, 1.807) is 0 Å². The molecule has 0 bridgehead atoms. The maximum absolute atomic E-state index is 9.90. The molecule has 1 unspecified atom stereocenters. The zero-order chi connectivity index (χ0) is 10.7. The number of benzene rings is 1. The molecule has 0 aliphatic rings. The summed E-state index contributed by atoms with van der Waals surface area (Å²) < 4.78 is 0.999. The average molecular weight is 255 g/mol. The third-order valence-electron chi connectivity index (χ3n) is 2.05. The second-order valence-electron chi connectivity index (χ2n) is 3.69. The van der Waals surface area contributed by atoms with E-state index in [-0.39, 0.29) is 0 Å². The van der Waals surface area contributed by atoms with Crippen molar-refractivity contribution >= 4 is 15.9 Å². The van der Waals surface area contributed by atoms with Gasteiger partial charge in [-0.05, 0) is 44.0 Å². The molecular weight excluding hydrogens is 240 g/mol. The van der Waals surface area contributed by atoms with Crippen molar-refractivity contribution in [2.75, 3.05) is 0 Å². The number of aliphatic hydroxyl groups is 1. The molecule has 0 spiro atoms. The van der Waals surface area contributed by atoms with Crippen molar-refractivity contribution in [3.05, 3.63) is 45.4 Å². The van der Waals surface area contributed by atoms with Gasteiger partial charge in [-0.1, -0.05) is 33.6 Å². The summed E-state index contributed by atoms with van der Waals surface area (Å²) in [5.41, 5.74) is 3.19. The first kappa shape index (κ1) is 11.5. The number of rotatable bonds is 2. The lowest BCUT2D eigenvalue weighted by Crippen LogP contribution is -1.97. The Hall–Kier alpha value is -0.600. The monoisotopic (exact) mass is 254 g/mol. The Morgan fingerprint density at radius 2 is 2.07 bits per heavy atom. The molecule has 0 heterocycles. The molecule has 1 aromatic carbocycles. The third-order valence-corrected chi connectivity index (χ3v) is 2.54. The van der Waals surface area contributed by atoms with Gasteiger partial charge < -0.3 is 5.11 Å². The zero-order valence-electron chi connectivity index (χ0n) is 8.71. The van der Waals surface area contributed by atoms with Crippen LogP contribution in [-0.2, 0) is 0 Å². The Morgan fingerprint density at radius 3 is 2.64 bits per heavy atom. The largest absolute Gasteiger partial charge is 0.384 e. The quantitative estimate of drug-likeness (QED) is 0.798. The molecule has 1 nitrogen and oxygen atoms in total. The van der Waals surface area contributed by atoms with Gasteiger partial charge in [0.15, 0.2) is 0 Å². The van der Waals surface area contributed by atoms with Gasteiger partial charge in [0.1, 0.15) is 0 Å². The lowest BCUT2D eigenvalue weighted by molar-refractivity contribution is 0.227. The Kier molecular flexibility index (Phi) is 3.90. The fraction of sp³-hybridized carbons (Fsp3) is 0.333. The van der Waals surface area contributed by atoms with E-state index in [1.807, 2.05) is 45.0 Å². The van der Waals surface area contributed by atoms with Gasteiger partial charge in [-0.3, -0.25) is 0 Å². The van der Waals surface area contributed by atoms with Crippen LogP contribution in [-0.4, -0.2) is 5.11 Å². The van der Waals surface area contributed by atoms with Gasteiger partial charge in [0.2, 0.25) is 0 Å². The van der Waals surface area contributed by atoms with E-state index in [4.69, 9.17) is 0 Å². The predicted octanol–water partition coefficient (Wildman–Crippen LogP) is 3.76. The van der Waals surface area contributed by atoms with Gasteiger partial charge >= 0.3 is 0 Å². The highest BCUT2D eigenvalue weighted by Crippen LogP contribution is 2.23. The summed E-state index contributed by atoms with van der Waals surface area (Å²) in [6.45, 7) is 5.97. The molecular formula is C12H15BrO. The standard InChI is InChI=1S/C12H15BrO/c1-8(2)6-12(14)11-7-10(13)5-4-9(11)3/h4-7,12,14H,1-3H3. The van der Waals surface area contributed by atoms with Crippen LogP contribution in [0.15, 0.2) is 34.3 Å². The van der Waals surface area contributed by atoms with Crippen molar-refractivity contribution in [1.29, 1.82) is 0 Å². The Balaban J connectivity index is 3.05. The van der Waals surface area contributed by atoms with E-state index in [0.29, 0.717) is 0 Å². The van der Waals surface area contributed by atoms with Crippen molar-refractivity contribution in [1.82, 2.24) is 0 Å². The van der Waals surface area contributed by atoms with Gasteiger partial charge in [-0.2, -0.15) is 0 Å². The molecule has 1 atom stereocenters. The maximum Gasteiger partial charge on any atom is 0.0977 e. The van der Waals surface area contributed by atoms with Crippen LogP contribution >= 0.6 is 15.9 Å². The molecule has 0 aliphatic carbocycles. The van der Waals surface area contributed by atoms with Crippen LogP contribution in [0.3, 0.4) is 0 Å². The lowest BCUT2D eigenvalue weighted by Gasteiger charge is -2.10. The highest BCUT2D eigenvalue weighted by molar-refractivity contribution is 9.10. The van der Waals surface area contributed by atoms with Crippen LogP contribution in [0.1, 0.15) is 31.1 Å². The molecule has 0 radical (unpaired) electrons. The van der Waals surface area contributed by atoms with E-state index < -0.39 is 6.10 Å². The van der Waals surface area contributed by atoms with Crippen LogP contribution in [0.4, 0.5) is 0 Å². The first-order valence-electron chi connectivity index (χ1n) is 4.60. The molecule has 2 heteroatoms. The highest BCUT2D eigenvalue weighted by atomic mass is 79.9. The fourth-order valence-corrected chi connectivity index (χ4v) is 1.71. The minimum atomic E-state index is -0.502. The second-order valence-corrected chi connectivity index (χ2v) is 4.61. The van der Waals surface area contributed by atoms with Gasteiger partial charge in [-0.25, -0.2) is 0 Å². The summed E-state index contributed by atoms with van der Waals surface area (Å²) >= 11 is 3.40. The molecule has 0 saturated carbocycles. The van der Waals surface area contributed by atoms with E-state index in [2.05, 4.69) is 15.9 Å². The van der Waals surface area contributed by atoms with Crippen LogP contribution < -0.4 is 0 Å². The van der Waals surface area contributed by atoms with E-state index >= 15 is 0 Å². The molecule has 1 aromatic rings. The van der Waals surface area contributed by atoms with E-state index in [9.17, 15) is 5.11 Å². The average Bonchev–Trinajstić information content (AvgIpc) is 2.08.